The van der Waals surface area contributed by atoms with Gasteiger partial charge < -0.3 is 4.74 Å². The van der Waals surface area contributed by atoms with Crippen LogP contribution >= 0.6 is 0 Å². The first-order chi connectivity index (χ1) is 8.63. The van der Waals surface area contributed by atoms with Crippen molar-refractivity contribution >= 4 is 5.97 Å². The molecule has 1 aromatic heterocycles. The highest BCUT2D eigenvalue weighted by atomic mass is 16.5. The molecular weight excluding hydrogens is 228 g/mol. The third kappa shape index (κ3) is 2.52. The summed E-state index contributed by atoms with van der Waals surface area (Å²) in [4.78, 5) is 20.6. The molecule has 1 aliphatic rings. The second kappa shape index (κ2) is 5.46. The molecule has 2 rings (SSSR count). The third-order valence-electron chi connectivity index (χ3n) is 3.50. The van der Waals surface area contributed by atoms with Crippen LogP contribution in [0.2, 0.25) is 0 Å². The Labute approximate surface area is 108 Å². The summed E-state index contributed by atoms with van der Waals surface area (Å²) in [5.74, 6) is 1.15. The molecular formula is C14H20N2O2. The molecule has 0 unspecified atom stereocenters. The topological polar surface area (TPSA) is 52.1 Å². The summed E-state index contributed by atoms with van der Waals surface area (Å²) in [6.07, 6.45) is 6.28. The maximum Gasteiger partial charge on any atom is 0.341 e. The molecule has 1 aromatic rings. The molecule has 4 heteroatoms. The van der Waals surface area contributed by atoms with Crippen LogP contribution in [-0.2, 0) is 4.74 Å². The number of esters is 1. The first kappa shape index (κ1) is 13.0. The molecule has 0 saturated heterocycles. The van der Waals surface area contributed by atoms with Crippen molar-refractivity contribution in [1.29, 1.82) is 0 Å². The predicted octanol–water partition coefficient (Wildman–Crippen LogP) is 3.04. The van der Waals surface area contributed by atoms with E-state index < -0.39 is 0 Å². The van der Waals surface area contributed by atoms with Crippen molar-refractivity contribution in [1.82, 2.24) is 9.97 Å². The number of carbonyl (C=O) groups excluding carboxylic acids is 1. The molecule has 98 valence electrons. The smallest absolute Gasteiger partial charge is 0.341 e. The number of aromatic nitrogens is 2. The molecule has 0 aromatic carbocycles. The van der Waals surface area contributed by atoms with Crippen LogP contribution < -0.4 is 0 Å². The maximum atomic E-state index is 11.8. The monoisotopic (exact) mass is 248 g/mol. The van der Waals surface area contributed by atoms with E-state index in [2.05, 4.69) is 23.8 Å². The van der Waals surface area contributed by atoms with Gasteiger partial charge in [0.15, 0.2) is 0 Å². The summed E-state index contributed by atoms with van der Waals surface area (Å²) >= 11 is 0. The van der Waals surface area contributed by atoms with Gasteiger partial charge in [0.1, 0.15) is 5.82 Å². The highest BCUT2D eigenvalue weighted by molar-refractivity contribution is 5.90. The van der Waals surface area contributed by atoms with Crippen molar-refractivity contribution in [2.45, 2.75) is 51.4 Å². The highest BCUT2D eigenvalue weighted by Gasteiger charge is 2.25. The molecule has 4 nitrogen and oxygen atoms in total. The van der Waals surface area contributed by atoms with E-state index in [0.717, 1.165) is 24.4 Å². The SMILES string of the molecule is COC(=O)c1cnc(C(C)C)nc1C1CCCC1. The maximum absolute atomic E-state index is 11.8. The molecule has 1 aliphatic carbocycles. The van der Waals surface area contributed by atoms with E-state index >= 15 is 0 Å². The number of rotatable bonds is 3. The average molecular weight is 248 g/mol. The van der Waals surface area contributed by atoms with Crippen LogP contribution in [0.25, 0.3) is 0 Å². The van der Waals surface area contributed by atoms with Crippen molar-refractivity contribution in [3.05, 3.63) is 23.3 Å². The Morgan fingerprint density at radius 2 is 2.06 bits per heavy atom. The Morgan fingerprint density at radius 3 is 2.61 bits per heavy atom. The third-order valence-corrected chi connectivity index (χ3v) is 3.50. The summed E-state index contributed by atoms with van der Waals surface area (Å²) in [6.45, 7) is 4.12. The zero-order valence-electron chi connectivity index (χ0n) is 11.3. The highest BCUT2D eigenvalue weighted by Crippen LogP contribution is 2.35. The number of methoxy groups -OCH3 is 1. The van der Waals surface area contributed by atoms with Gasteiger partial charge >= 0.3 is 5.97 Å². The lowest BCUT2D eigenvalue weighted by Crippen LogP contribution is -2.13. The van der Waals surface area contributed by atoms with Gasteiger partial charge in [0.05, 0.1) is 18.4 Å². The van der Waals surface area contributed by atoms with Crippen molar-refractivity contribution < 1.29 is 9.53 Å². The fourth-order valence-corrected chi connectivity index (χ4v) is 2.47. The minimum atomic E-state index is -0.327. The number of hydrogen-bond acceptors (Lipinski definition) is 4. The molecule has 0 bridgehead atoms. The normalized spacial score (nSPS) is 16.2. The van der Waals surface area contributed by atoms with Crippen molar-refractivity contribution in [2.24, 2.45) is 0 Å². The first-order valence-electron chi connectivity index (χ1n) is 6.58. The van der Waals surface area contributed by atoms with Gasteiger partial charge in [-0.15, -0.1) is 0 Å². The van der Waals surface area contributed by atoms with Crippen molar-refractivity contribution in [3.8, 4) is 0 Å². The fourth-order valence-electron chi connectivity index (χ4n) is 2.47. The van der Waals surface area contributed by atoms with Gasteiger partial charge in [-0.25, -0.2) is 14.8 Å². The van der Waals surface area contributed by atoms with E-state index in [1.807, 2.05) is 0 Å². The van der Waals surface area contributed by atoms with E-state index in [-0.39, 0.29) is 11.9 Å². The zero-order chi connectivity index (χ0) is 13.1. The van der Waals surface area contributed by atoms with Gasteiger partial charge in [0.25, 0.3) is 0 Å². The Balaban J connectivity index is 2.42. The van der Waals surface area contributed by atoms with Crippen molar-refractivity contribution in [2.75, 3.05) is 7.11 Å². The number of ether oxygens (including phenoxy) is 1. The quantitative estimate of drug-likeness (QED) is 0.771. The van der Waals surface area contributed by atoms with Crippen LogP contribution in [0.3, 0.4) is 0 Å². The largest absolute Gasteiger partial charge is 0.465 e. The zero-order valence-corrected chi connectivity index (χ0v) is 11.3. The minimum absolute atomic E-state index is 0.275. The van der Waals surface area contributed by atoms with Crippen LogP contribution in [0.5, 0.6) is 0 Å². The lowest BCUT2D eigenvalue weighted by atomic mass is 9.99. The van der Waals surface area contributed by atoms with Gasteiger partial charge in [-0.3, -0.25) is 0 Å². The second-order valence-corrected chi connectivity index (χ2v) is 5.15. The van der Waals surface area contributed by atoms with Gasteiger partial charge in [-0.05, 0) is 12.8 Å². The van der Waals surface area contributed by atoms with E-state index in [1.165, 1.54) is 20.0 Å². The van der Waals surface area contributed by atoms with Crippen molar-refractivity contribution in [3.63, 3.8) is 0 Å². The molecule has 0 amide bonds. The number of hydrogen-bond donors (Lipinski definition) is 0. The van der Waals surface area contributed by atoms with Crippen LogP contribution in [-0.4, -0.2) is 23.0 Å². The van der Waals surface area contributed by atoms with Gasteiger partial charge in [0, 0.05) is 18.0 Å². The van der Waals surface area contributed by atoms with Crippen LogP contribution in [0.4, 0.5) is 0 Å². The average Bonchev–Trinajstić information content (AvgIpc) is 2.90. The van der Waals surface area contributed by atoms with Gasteiger partial charge in [-0.2, -0.15) is 0 Å². The van der Waals surface area contributed by atoms with E-state index in [1.54, 1.807) is 6.20 Å². The molecule has 1 saturated carbocycles. The van der Waals surface area contributed by atoms with Gasteiger partial charge in [0.2, 0.25) is 0 Å². The first-order valence-corrected chi connectivity index (χ1v) is 6.58. The van der Waals surface area contributed by atoms with E-state index in [9.17, 15) is 4.79 Å². The summed E-state index contributed by atoms with van der Waals surface area (Å²) in [6, 6.07) is 0. The van der Waals surface area contributed by atoms with Crippen LogP contribution in [0.15, 0.2) is 6.20 Å². The number of nitrogens with zero attached hydrogens (tertiary/aromatic N) is 2. The summed E-state index contributed by atoms with van der Waals surface area (Å²) in [7, 11) is 1.40. The molecule has 1 heterocycles. The Hall–Kier alpha value is -1.45. The summed E-state index contributed by atoms with van der Waals surface area (Å²) in [5.41, 5.74) is 1.42. The van der Waals surface area contributed by atoms with Gasteiger partial charge in [-0.1, -0.05) is 26.7 Å². The molecule has 0 atom stereocenters. The van der Waals surface area contributed by atoms with E-state index in [0.29, 0.717) is 11.5 Å². The van der Waals surface area contributed by atoms with Crippen LogP contribution in [0, 0.1) is 0 Å². The molecule has 1 fully saturated rings. The molecule has 18 heavy (non-hydrogen) atoms. The number of carbonyl (C=O) groups is 1. The molecule has 0 spiro atoms. The molecule has 0 radical (unpaired) electrons. The lowest BCUT2D eigenvalue weighted by molar-refractivity contribution is 0.0597. The Kier molecular flexibility index (Phi) is 3.94. The van der Waals surface area contributed by atoms with Crippen LogP contribution in [0.1, 0.15) is 73.2 Å². The summed E-state index contributed by atoms with van der Waals surface area (Å²) < 4.78 is 4.82. The fraction of sp³-hybridized carbons (Fsp3) is 0.643. The molecule has 0 N–H and O–H groups in total. The summed E-state index contributed by atoms with van der Waals surface area (Å²) in [5, 5.41) is 0. The van der Waals surface area contributed by atoms with E-state index in [4.69, 9.17) is 4.74 Å². The Morgan fingerprint density at radius 1 is 1.39 bits per heavy atom. The molecule has 0 aliphatic heterocycles. The minimum Gasteiger partial charge on any atom is -0.465 e. The lowest BCUT2D eigenvalue weighted by Gasteiger charge is -2.15. The Bertz CT molecular complexity index is 437. The second-order valence-electron chi connectivity index (χ2n) is 5.15. The predicted molar refractivity (Wildman–Crippen MR) is 68.7 cm³/mol. The standard InChI is InChI=1S/C14H20N2O2/c1-9(2)13-15-8-11(14(17)18-3)12(16-13)10-6-4-5-7-10/h8-10H,4-7H2,1-3H3.